The third-order valence-electron chi connectivity index (χ3n) is 4.03. The Morgan fingerprint density at radius 1 is 1.35 bits per heavy atom. The SMILES string of the molecule is Cc1cc(F)ccc1CC1(O)CCC(C)CC1. The molecular weight excluding hydrogens is 215 g/mol. The van der Waals surface area contributed by atoms with Crippen molar-refractivity contribution in [3.63, 3.8) is 0 Å². The fourth-order valence-corrected chi connectivity index (χ4v) is 2.69. The van der Waals surface area contributed by atoms with Gasteiger partial charge in [-0.2, -0.15) is 0 Å². The molecule has 1 aliphatic carbocycles. The van der Waals surface area contributed by atoms with E-state index >= 15 is 0 Å². The van der Waals surface area contributed by atoms with Crippen LogP contribution in [0.3, 0.4) is 0 Å². The zero-order valence-corrected chi connectivity index (χ0v) is 10.7. The Balaban J connectivity index is 2.09. The summed E-state index contributed by atoms with van der Waals surface area (Å²) in [6.45, 7) is 4.15. The molecule has 1 aromatic rings. The van der Waals surface area contributed by atoms with Gasteiger partial charge in [-0.25, -0.2) is 4.39 Å². The van der Waals surface area contributed by atoms with Gasteiger partial charge in [-0.15, -0.1) is 0 Å². The molecule has 2 rings (SSSR count). The molecule has 0 aromatic heterocycles. The van der Waals surface area contributed by atoms with Gasteiger partial charge >= 0.3 is 0 Å². The van der Waals surface area contributed by atoms with E-state index in [0.29, 0.717) is 6.42 Å². The normalized spacial score (nSPS) is 29.3. The highest BCUT2D eigenvalue weighted by molar-refractivity contribution is 5.28. The van der Waals surface area contributed by atoms with Crippen molar-refractivity contribution in [1.29, 1.82) is 0 Å². The summed E-state index contributed by atoms with van der Waals surface area (Å²) >= 11 is 0. The molecule has 0 amide bonds. The van der Waals surface area contributed by atoms with Gasteiger partial charge in [-0.05, 0) is 61.8 Å². The van der Waals surface area contributed by atoms with Gasteiger partial charge in [0.05, 0.1) is 5.60 Å². The molecule has 0 aliphatic heterocycles. The summed E-state index contributed by atoms with van der Waals surface area (Å²) in [5.74, 6) is 0.528. The summed E-state index contributed by atoms with van der Waals surface area (Å²) in [7, 11) is 0. The van der Waals surface area contributed by atoms with Crippen molar-refractivity contribution in [2.24, 2.45) is 5.92 Å². The van der Waals surface area contributed by atoms with Gasteiger partial charge in [0.25, 0.3) is 0 Å². The highest BCUT2D eigenvalue weighted by Gasteiger charge is 2.32. The summed E-state index contributed by atoms with van der Waals surface area (Å²) < 4.78 is 13.0. The fraction of sp³-hybridized carbons (Fsp3) is 0.600. The van der Waals surface area contributed by atoms with Gasteiger partial charge in [0.2, 0.25) is 0 Å². The van der Waals surface area contributed by atoms with E-state index in [9.17, 15) is 9.50 Å². The molecule has 2 heteroatoms. The zero-order chi connectivity index (χ0) is 12.5. The minimum Gasteiger partial charge on any atom is -0.390 e. The third kappa shape index (κ3) is 3.06. The zero-order valence-electron chi connectivity index (χ0n) is 10.7. The predicted molar refractivity (Wildman–Crippen MR) is 67.4 cm³/mol. The van der Waals surface area contributed by atoms with Gasteiger partial charge in [0.15, 0.2) is 0 Å². The number of halogens is 1. The molecule has 0 spiro atoms. The van der Waals surface area contributed by atoms with Gasteiger partial charge < -0.3 is 5.11 Å². The monoisotopic (exact) mass is 236 g/mol. The minimum absolute atomic E-state index is 0.199. The maximum Gasteiger partial charge on any atom is 0.123 e. The van der Waals surface area contributed by atoms with E-state index < -0.39 is 5.60 Å². The largest absolute Gasteiger partial charge is 0.390 e. The number of aryl methyl sites for hydroxylation is 1. The molecule has 0 radical (unpaired) electrons. The quantitative estimate of drug-likeness (QED) is 0.831. The van der Waals surface area contributed by atoms with E-state index in [0.717, 1.165) is 42.7 Å². The third-order valence-corrected chi connectivity index (χ3v) is 4.03. The van der Waals surface area contributed by atoms with Crippen LogP contribution in [0.5, 0.6) is 0 Å². The Morgan fingerprint density at radius 2 is 2.00 bits per heavy atom. The summed E-state index contributed by atoms with van der Waals surface area (Å²) in [4.78, 5) is 0. The number of rotatable bonds is 2. The molecule has 0 saturated heterocycles. The molecule has 0 unspecified atom stereocenters. The van der Waals surface area contributed by atoms with E-state index in [1.165, 1.54) is 6.07 Å². The molecule has 17 heavy (non-hydrogen) atoms. The second-order valence-corrected chi connectivity index (χ2v) is 5.65. The fourth-order valence-electron chi connectivity index (χ4n) is 2.69. The number of hydrogen-bond acceptors (Lipinski definition) is 1. The van der Waals surface area contributed by atoms with Crippen LogP contribution in [0.4, 0.5) is 4.39 Å². The van der Waals surface area contributed by atoms with Crippen molar-refractivity contribution in [2.45, 2.75) is 51.6 Å². The number of aliphatic hydroxyl groups is 1. The highest BCUT2D eigenvalue weighted by atomic mass is 19.1. The highest BCUT2D eigenvalue weighted by Crippen LogP contribution is 2.34. The lowest BCUT2D eigenvalue weighted by molar-refractivity contribution is -0.00680. The van der Waals surface area contributed by atoms with E-state index in [-0.39, 0.29) is 5.82 Å². The molecule has 1 nitrogen and oxygen atoms in total. The second kappa shape index (κ2) is 4.77. The first kappa shape index (κ1) is 12.6. The van der Waals surface area contributed by atoms with Crippen LogP contribution < -0.4 is 0 Å². The van der Waals surface area contributed by atoms with Crippen molar-refractivity contribution < 1.29 is 9.50 Å². The Hall–Kier alpha value is -0.890. The van der Waals surface area contributed by atoms with E-state index in [1.807, 2.05) is 6.92 Å². The first-order valence-electron chi connectivity index (χ1n) is 6.46. The molecule has 0 bridgehead atoms. The van der Waals surface area contributed by atoms with Crippen LogP contribution in [0, 0.1) is 18.7 Å². The average molecular weight is 236 g/mol. The summed E-state index contributed by atoms with van der Waals surface area (Å²) in [6, 6.07) is 4.84. The van der Waals surface area contributed by atoms with Gasteiger partial charge in [0, 0.05) is 6.42 Å². The molecule has 1 N–H and O–H groups in total. The van der Waals surface area contributed by atoms with Crippen LogP contribution in [-0.4, -0.2) is 10.7 Å². The lowest BCUT2D eigenvalue weighted by Gasteiger charge is -2.35. The summed E-state index contributed by atoms with van der Waals surface area (Å²) in [5.41, 5.74) is 1.44. The molecule has 94 valence electrons. The van der Waals surface area contributed by atoms with Gasteiger partial charge in [-0.1, -0.05) is 13.0 Å². The molecule has 1 fully saturated rings. The Bertz CT molecular complexity index is 392. The molecule has 1 aromatic carbocycles. The van der Waals surface area contributed by atoms with Crippen LogP contribution >= 0.6 is 0 Å². The van der Waals surface area contributed by atoms with Crippen LogP contribution in [-0.2, 0) is 6.42 Å². The van der Waals surface area contributed by atoms with E-state index in [2.05, 4.69) is 6.92 Å². The molecular formula is C15H21FO. The summed E-state index contributed by atoms with van der Waals surface area (Å²) in [5, 5.41) is 10.5. The maximum atomic E-state index is 13.0. The first-order valence-corrected chi connectivity index (χ1v) is 6.46. The van der Waals surface area contributed by atoms with Crippen LogP contribution in [0.2, 0.25) is 0 Å². The van der Waals surface area contributed by atoms with E-state index in [4.69, 9.17) is 0 Å². The van der Waals surface area contributed by atoms with Crippen LogP contribution in [0.25, 0.3) is 0 Å². The molecule has 1 saturated carbocycles. The van der Waals surface area contributed by atoms with E-state index in [1.54, 1.807) is 12.1 Å². The van der Waals surface area contributed by atoms with Crippen molar-refractivity contribution in [1.82, 2.24) is 0 Å². The lowest BCUT2D eigenvalue weighted by Crippen LogP contribution is -2.36. The molecule has 0 heterocycles. The first-order chi connectivity index (χ1) is 7.98. The Labute approximate surface area is 103 Å². The van der Waals surface area contributed by atoms with Crippen molar-refractivity contribution >= 4 is 0 Å². The average Bonchev–Trinajstić information content (AvgIpc) is 2.27. The standard InChI is InChI=1S/C15H21FO/c1-11-5-7-15(17,8-6-11)10-13-3-4-14(16)9-12(13)2/h3-4,9,11,17H,5-8,10H2,1-2H3. The summed E-state index contributed by atoms with van der Waals surface area (Å²) in [6.07, 6.45) is 4.58. The van der Waals surface area contributed by atoms with Crippen LogP contribution in [0.15, 0.2) is 18.2 Å². The predicted octanol–water partition coefficient (Wildman–Crippen LogP) is 3.62. The lowest BCUT2D eigenvalue weighted by atomic mass is 9.76. The number of benzene rings is 1. The smallest absolute Gasteiger partial charge is 0.123 e. The van der Waals surface area contributed by atoms with Crippen molar-refractivity contribution in [3.05, 3.63) is 35.1 Å². The molecule has 1 aliphatic rings. The van der Waals surface area contributed by atoms with Crippen molar-refractivity contribution in [3.8, 4) is 0 Å². The number of hydrogen-bond donors (Lipinski definition) is 1. The van der Waals surface area contributed by atoms with Gasteiger partial charge in [0.1, 0.15) is 5.82 Å². The maximum absolute atomic E-state index is 13.0. The Kier molecular flexibility index (Phi) is 3.53. The minimum atomic E-state index is -0.574. The Morgan fingerprint density at radius 3 is 2.59 bits per heavy atom. The van der Waals surface area contributed by atoms with Crippen LogP contribution in [0.1, 0.15) is 43.7 Å². The topological polar surface area (TPSA) is 20.2 Å². The van der Waals surface area contributed by atoms with Crippen molar-refractivity contribution in [2.75, 3.05) is 0 Å². The second-order valence-electron chi connectivity index (χ2n) is 5.65. The van der Waals surface area contributed by atoms with Gasteiger partial charge in [-0.3, -0.25) is 0 Å². The molecule has 0 atom stereocenters.